The molecule has 4 rings (SSSR count). The Bertz CT molecular complexity index is 911. The van der Waals surface area contributed by atoms with Gasteiger partial charge in [0.25, 0.3) is 0 Å². The van der Waals surface area contributed by atoms with Gasteiger partial charge in [0.15, 0.2) is 0 Å². The first kappa shape index (κ1) is 17.3. The van der Waals surface area contributed by atoms with Gasteiger partial charge in [-0.15, -0.1) is 0 Å². The van der Waals surface area contributed by atoms with Gasteiger partial charge in [-0.05, 0) is 81.2 Å². The van der Waals surface area contributed by atoms with Gasteiger partial charge in [-0.1, -0.05) is 48.5 Å². The topological polar surface area (TPSA) is 29.5 Å². The van der Waals surface area contributed by atoms with Crippen molar-refractivity contribution in [2.24, 2.45) is 0 Å². The molecule has 3 aromatic carbocycles. The Morgan fingerprint density at radius 3 is 2.38 bits per heavy atom. The summed E-state index contributed by atoms with van der Waals surface area (Å²) in [7, 11) is 0. The van der Waals surface area contributed by atoms with Crippen molar-refractivity contribution in [1.29, 1.82) is 0 Å². The van der Waals surface area contributed by atoms with Crippen LogP contribution in [0, 0.1) is 6.92 Å². The Hall–Kier alpha value is -2.10. The Morgan fingerprint density at radius 2 is 1.73 bits per heavy atom. The minimum atomic E-state index is -0.626. The van der Waals surface area contributed by atoms with Crippen molar-refractivity contribution in [2.75, 3.05) is 0 Å². The monoisotopic (exact) mass is 408 g/mol. The van der Waals surface area contributed by atoms with Crippen molar-refractivity contribution < 1.29 is 9.84 Å². The SMILES string of the molecule is Cc1cc(C(O)c2ccc3c(c2)CC3)cc(Br)c1OCc1ccccc1. The average molecular weight is 409 g/mol. The van der Waals surface area contributed by atoms with E-state index in [1.807, 2.05) is 55.5 Å². The van der Waals surface area contributed by atoms with Crippen molar-refractivity contribution in [3.05, 3.63) is 98.5 Å². The first-order valence-corrected chi connectivity index (χ1v) is 9.67. The van der Waals surface area contributed by atoms with Gasteiger partial charge in [-0.2, -0.15) is 0 Å². The number of hydrogen-bond donors (Lipinski definition) is 1. The lowest BCUT2D eigenvalue weighted by molar-refractivity contribution is 0.219. The average Bonchev–Trinajstić information content (AvgIpc) is 2.62. The van der Waals surface area contributed by atoms with Crippen LogP contribution in [-0.4, -0.2) is 5.11 Å². The summed E-state index contributed by atoms with van der Waals surface area (Å²) in [5, 5.41) is 10.8. The van der Waals surface area contributed by atoms with E-state index in [-0.39, 0.29) is 0 Å². The molecule has 1 N–H and O–H groups in total. The van der Waals surface area contributed by atoms with E-state index in [1.165, 1.54) is 11.1 Å². The van der Waals surface area contributed by atoms with Crippen molar-refractivity contribution in [1.82, 2.24) is 0 Å². The summed E-state index contributed by atoms with van der Waals surface area (Å²) in [6.45, 7) is 2.53. The third kappa shape index (κ3) is 3.42. The number of rotatable bonds is 5. The lowest BCUT2D eigenvalue weighted by Crippen LogP contribution is -2.10. The molecule has 1 unspecified atom stereocenters. The maximum absolute atomic E-state index is 10.8. The van der Waals surface area contributed by atoms with Crippen LogP contribution >= 0.6 is 15.9 Å². The molecule has 3 aromatic rings. The highest BCUT2D eigenvalue weighted by molar-refractivity contribution is 9.10. The zero-order valence-electron chi connectivity index (χ0n) is 14.7. The molecule has 132 valence electrons. The highest BCUT2D eigenvalue weighted by Crippen LogP contribution is 2.35. The molecule has 0 saturated carbocycles. The molecule has 2 nitrogen and oxygen atoms in total. The van der Waals surface area contributed by atoms with E-state index in [2.05, 4.69) is 28.1 Å². The van der Waals surface area contributed by atoms with Gasteiger partial charge in [-0.3, -0.25) is 0 Å². The number of aryl methyl sites for hydroxylation is 3. The Balaban J connectivity index is 1.55. The smallest absolute Gasteiger partial charge is 0.136 e. The molecule has 0 fully saturated rings. The molecular weight excluding hydrogens is 388 g/mol. The number of fused-ring (bicyclic) bond motifs is 1. The van der Waals surface area contributed by atoms with Crippen LogP contribution in [0.15, 0.2) is 65.1 Å². The number of ether oxygens (including phenoxy) is 1. The zero-order valence-corrected chi connectivity index (χ0v) is 16.3. The molecule has 0 amide bonds. The Kier molecular flexibility index (Phi) is 4.84. The molecule has 0 aromatic heterocycles. The second kappa shape index (κ2) is 7.26. The Morgan fingerprint density at radius 1 is 0.962 bits per heavy atom. The minimum Gasteiger partial charge on any atom is -0.487 e. The van der Waals surface area contributed by atoms with Gasteiger partial charge in [-0.25, -0.2) is 0 Å². The maximum Gasteiger partial charge on any atom is 0.136 e. The highest BCUT2D eigenvalue weighted by Gasteiger charge is 2.19. The molecule has 0 spiro atoms. The number of aliphatic hydroxyl groups is 1. The predicted molar refractivity (Wildman–Crippen MR) is 108 cm³/mol. The van der Waals surface area contributed by atoms with E-state index in [0.717, 1.165) is 45.3 Å². The van der Waals surface area contributed by atoms with Crippen LogP contribution < -0.4 is 4.74 Å². The molecule has 0 bridgehead atoms. The van der Waals surface area contributed by atoms with Gasteiger partial charge >= 0.3 is 0 Å². The molecule has 26 heavy (non-hydrogen) atoms. The number of aliphatic hydroxyl groups excluding tert-OH is 1. The third-order valence-electron chi connectivity index (χ3n) is 5.00. The molecular formula is C23H21BrO2. The predicted octanol–water partition coefficient (Wildman–Crippen LogP) is 5.52. The van der Waals surface area contributed by atoms with Gasteiger partial charge in [0.2, 0.25) is 0 Å². The van der Waals surface area contributed by atoms with Crippen LogP contribution in [-0.2, 0) is 19.4 Å². The van der Waals surface area contributed by atoms with Crippen LogP contribution in [0.5, 0.6) is 5.75 Å². The fourth-order valence-corrected chi connectivity index (χ4v) is 4.10. The standard InChI is InChI=1S/C23H21BrO2/c1-15-11-20(22(25)19-10-8-17-7-9-18(17)12-19)13-21(24)23(15)26-14-16-5-3-2-4-6-16/h2-6,8,10-13,22,25H,7,9,14H2,1H3. The van der Waals surface area contributed by atoms with Gasteiger partial charge in [0, 0.05) is 0 Å². The second-order valence-corrected chi connectivity index (χ2v) is 7.71. The molecule has 0 aliphatic heterocycles. The molecule has 1 aliphatic carbocycles. The normalized spacial score (nSPS) is 13.7. The highest BCUT2D eigenvalue weighted by atomic mass is 79.9. The first-order chi connectivity index (χ1) is 12.6. The van der Waals surface area contributed by atoms with Crippen molar-refractivity contribution in [3.8, 4) is 5.75 Å². The largest absolute Gasteiger partial charge is 0.487 e. The van der Waals surface area contributed by atoms with Crippen LogP contribution in [0.2, 0.25) is 0 Å². The summed E-state index contributed by atoms with van der Waals surface area (Å²) in [6.07, 6.45) is 1.65. The van der Waals surface area contributed by atoms with Crippen molar-refractivity contribution in [2.45, 2.75) is 32.5 Å². The fourth-order valence-electron chi connectivity index (χ4n) is 3.41. The molecule has 3 heteroatoms. The van der Waals surface area contributed by atoms with Crippen LogP contribution in [0.1, 0.15) is 39.5 Å². The first-order valence-electron chi connectivity index (χ1n) is 8.88. The van der Waals surface area contributed by atoms with Crippen LogP contribution in [0.3, 0.4) is 0 Å². The summed E-state index contributed by atoms with van der Waals surface area (Å²) >= 11 is 3.61. The third-order valence-corrected chi connectivity index (χ3v) is 5.59. The summed E-state index contributed by atoms with van der Waals surface area (Å²) in [4.78, 5) is 0. The van der Waals surface area contributed by atoms with Gasteiger partial charge in [0.1, 0.15) is 18.5 Å². The number of halogens is 1. The zero-order chi connectivity index (χ0) is 18.1. The lowest BCUT2D eigenvalue weighted by Gasteiger charge is -2.22. The maximum atomic E-state index is 10.8. The van der Waals surface area contributed by atoms with Crippen LogP contribution in [0.25, 0.3) is 0 Å². The van der Waals surface area contributed by atoms with E-state index in [4.69, 9.17) is 4.74 Å². The van der Waals surface area contributed by atoms with E-state index < -0.39 is 6.10 Å². The quantitative estimate of drug-likeness (QED) is 0.602. The summed E-state index contributed by atoms with van der Waals surface area (Å²) in [6, 6.07) is 20.4. The van der Waals surface area contributed by atoms with Gasteiger partial charge < -0.3 is 9.84 Å². The number of hydrogen-bond acceptors (Lipinski definition) is 2. The second-order valence-electron chi connectivity index (χ2n) is 6.85. The van der Waals surface area contributed by atoms with Gasteiger partial charge in [0.05, 0.1) is 4.47 Å². The molecule has 1 aliphatic rings. The van der Waals surface area contributed by atoms with Crippen LogP contribution in [0.4, 0.5) is 0 Å². The molecule has 0 saturated heterocycles. The summed E-state index contributed by atoms with van der Waals surface area (Å²) < 4.78 is 6.88. The fraction of sp³-hybridized carbons (Fsp3) is 0.217. The minimum absolute atomic E-state index is 0.521. The number of benzene rings is 3. The van der Waals surface area contributed by atoms with E-state index >= 15 is 0 Å². The van der Waals surface area contributed by atoms with Crippen molar-refractivity contribution >= 4 is 15.9 Å². The Labute approximate surface area is 162 Å². The van der Waals surface area contributed by atoms with Crippen molar-refractivity contribution in [3.63, 3.8) is 0 Å². The van der Waals surface area contributed by atoms with E-state index in [0.29, 0.717) is 6.61 Å². The lowest BCUT2D eigenvalue weighted by atomic mass is 9.85. The molecule has 0 radical (unpaired) electrons. The van der Waals surface area contributed by atoms with E-state index in [9.17, 15) is 5.11 Å². The molecule has 0 heterocycles. The van der Waals surface area contributed by atoms with E-state index in [1.54, 1.807) is 0 Å². The molecule has 1 atom stereocenters. The summed E-state index contributed by atoms with van der Waals surface area (Å²) in [5.41, 5.74) is 6.73. The summed E-state index contributed by atoms with van der Waals surface area (Å²) in [5.74, 6) is 0.821.